The van der Waals surface area contributed by atoms with Crippen molar-refractivity contribution in [2.45, 2.75) is 44.6 Å². The molecule has 1 atom stereocenters. The molecule has 5 rings (SSSR count). The van der Waals surface area contributed by atoms with Gasteiger partial charge in [0.25, 0.3) is 0 Å². The number of aromatic nitrogens is 2. The molecule has 7 heteroatoms. The summed E-state index contributed by atoms with van der Waals surface area (Å²) in [6, 6.07) is 16.2. The van der Waals surface area contributed by atoms with Gasteiger partial charge < -0.3 is 10.2 Å². The van der Waals surface area contributed by atoms with E-state index in [-0.39, 0.29) is 11.6 Å². The molecule has 0 spiro atoms. The van der Waals surface area contributed by atoms with Crippen molar-refractivity contribution in [3.8, 4) is 0 Å². The fraction of sp³-hybridized carbons (Fsp3) is 0.379. The smallest absolute Gasteiger partial charge is 0.186 e. The second kappa shape index (κ2) is 11.6. The minimum atomic E-state index is -0.496. The fourth-order valence-corrected chi connectivity index (χ4v) is 4.96. The monoisotopic (exact) mass is 485 g/mol. The van der Waals surface area contributed by atoms with Gasteiger partial charge in [-0.1, -0.05) is 42.5 Å². The maximum Gasteiger partial charge on any atom is 0.186 e. The topological polar surface area (TPSA) is 70.5 Å². The van der Waals surface area contributed by atoms with E-state index in [0.717, 1.165) is 36.3 Å². The van der Waals surface area contributed by atoms with Crippen LogP contribution in [-0.4, -0.2) is 52.5 Å². The van der Waals surface area contributed by atoms with Crippen molar-refractivity contribution in [1.82, 2.24) is 20.2 Å². The van der Waals surface area contributed by atoms with Crippen LogP contribution < -0.4 is 5.32 Å². The quantitative estimate of drug-likeness (QED) is 0.431. The summed E-state index contributed by atoms with van der Waals surface area (Å²) in [6.45, 7) is 5.06. The summed E-state index contributed by atoms with van der Waals surface area (Å²) >= 11 is 0. The normalized spacial score (nSPS) is 17.8. The summed E-state index contributed by atoms with van der Waals surface area (Å²) in [7, 11) is 0. The van der Waals surface area contributed by atoms with Crippen LogP contribution in [0.15, 0.2) is 65.8 Å². The van der Waals surface area contributed by atoms with E-state index in [0.29, 0.717) is 36.6 Å². The molecule has 0 radical (unpaired) electrons. The lowest BCUT2D eigenvalue weighted by molar-refractivity contribution is -0.114. The van der Waals surface area contributed by atoms with Crippen LogP contribution in [0.3, 0.4) is 0 Å². The molecular formula is C29H32FN5O. The van der Waals surface area contributed by atoms with Crippen LogP contribution in [0.25, 0.3) is 0 Å². The molecule has 0 amide bonds. The summed E-state index contributed by atoms with van der Waals surface area (Å²) in [4.78, 5) is 30.2. The average Bonchev–Trinajstić information content (AvgIpc) is 3.42. The van der Waals surface area contributed by atoms with Crippen LogP contribution in [0, 0.1) is 5.82 Å². The molecule has 6 nitrogen and oxygen atoms in total. The molecule has 36 heavy (non-hydrogen) atoms. The first-order chi connectivity index (χ1) is 17.7. The van der Waals surface area contributed by atoms with Crippen LogP contribution in [-0.2, 0) is 24.2 Å². The number of nitrogens with one attached hydrogen (secondary N) is 1. The predicted octanol–water partition coefficient (Wildman–Crippen LogP) is 4.42. The molecule has 0 saturated carbocycles. The van der Waals surface area contributed by atoms with Crippen molar-refractivity contribution < 1.29 is 9.18 Å². The van der Waals surface area contributed by atoms with Gasteiger partial charge in [-0.3, -0.25) is 9.78 Å². The van der Waals surface area contributed by atoms with E-state index in [9.17, 15) is 9.18 Å². The predicted molar refractivity (Wildman–Crippen MR) is 139 cm³/mol. The van der Waals surface area contributed by atoms with Crippen molar-refractivity contribution in [2.24, 2.45) is 4.99 Å². The van der Waals surface area contributed by atoms with Gasteiger partial charge in [-0.05, 0) is 75.1 Å². The molecule has 0 bridgehead atoms. The Bertz CT molecular complexity index is 1210. The third-order valence-electron chi connectivity index (χ3n) is 6.90. The lowest BCUT2D eigenvalue weighted by Gasteiger charge is -2.23. The summed E-state index contributed by atoms with van der Waals surface area (Å²) in [5.41, 5.74) is 3.80. The zero-order chi connectivity index (χ0) is 24.7. The Balaban J connectivity index is 1.32. The second-order valence-electron chi connectivity index (χ2n) is 9.62. The number of fused-ring (bicyclic) bond motifs is 1. The van der Waals surface area contributed by atoms with E-state index in [2.05, 4.69) is 20.2 Å². The molecule has 1 aromatic heterocycles. The highest BCUT2D eigenvalue weighted by Gasteiger charge is 2.33. The molecule has 1 unspecified atom stereocenters. The summed E-state index contributed by atoms with van der Waals surface area (Å²) in [5.74, 6) is -0.325. The number of aliphatic imine (C=N–C) groups is 1. The van der Waals surface area contributed by atoms with Gasteiger partial charge in [-0.15, -0.1) is 0 Å². The van der Waals surface area contributed by atoms with Crippen LogP contribution >= 0.6 is 0 Å². The Labute approximate surface area is 211 Å². The van der Waals surface area contributed by atoms with Crippen LogP contribution in [0.2, 0.25) is 0 Å². The Kier molecular flexibility index (Phi) is 7.88. The van der Waals surface area contributed by atoms with Gasteiger partial charge in [0.1, 0.15) is 5.82 Å². The average molecular weight is 486 g/mol. The Morgan fingerprint density at radius 3 is 2.56 bits per heavy atom. The van der Waals surface area contributed by atoms with Gasteiger partial charge in [0.05, 0.1) is 29.2 Å². The zero-order valence-corrected chi connectivity index (χ0v) is 20.5. The van der Waals surface area contributed by atoms with Gasteiger partial charge in [0, 0.05) is 13.0 Å². The third kappa shape index (κ3) is 6.09. The number of carbonyl (C=O) groups is 1. The van der Waals surface area contributed by atoms with E-state index < -0.39 is 5.92 Å². The lowest BCUT2D eigenvalue weighted by Crippen LogP contribution is -2.30. The van der Waals surface area contributed by atoms with E-state index in [4.69, 9.17) is 4.98 Å². The molecule has 2 aliphatic rings. The number of Topliss-reactive ketones (excluding diaryl/α,β-unsaturated/α-hetero) is 1. The van der Waals surface area contributed by atoms with E-state index in [1.807, 2.05) is 30.3 Å². The number of rotatable bonds is 10. The van der Waals surface area contributed by atoms with Crippen molar-refractivity contribution in [2.75, 3.05) is 26.2 Å². The van der Waals surface area contributed by atoms with Crippen molar-refractivity contribution >= 4 is 17.3 Å². The van der Waals surface area contributed by atoms with Gasteiger partial charge in [0.15, 0.2) is 11.6 Å². The standard InChI is InChI=1S/C29H32FN5O/c30-23-11-9-22(10-12-23)17-25-27-29(34-26(28(25)36)18-21-7-2-1-3-8-21)32-20-24(33-27)19-31-13-6-16-35-14-4-5-15-35/h1-3,7-12,20,25,31H,4-6,13-19H2. The number of nitrogens with zero attached hydrogens (tertiary/aromatic N) is 4. The summed E-state index contributed by atoms with van der Waals surface area (Å²) < 4.78 is 13.5. The van der Waals surface area contributed by atoms with Crippen molar-refractivity contribution in [3.63, 3.8) is 0 Å². The Hall–Kier alpha value is -3.29. The van der Waals surface area contributed by atoms with Gasteiger partial charge in [-0.25, -0.2) is 14.4 Å². The minimum Gasteiger partial charge on any atom is -0.311 e. The van der Waals surface area contributed by atoms with Crippen molar-refractivity contribution in [3.05, 3.63) is 89.1 Å². The highest BCUT2D eigenvalue weighted by Crippen LogP contribution is 2.33. The summed E-state index contributed by atoms with van der Waals surface area (Å²) in [5, 5.41) is 3.46. The number of hydrogen-bond acceptors (Lipinski definition) is 6. The van der Waals surface area contributed by atoms with Gasteiger partial charge in [0.2, 0.25) is 0 Å². The summed E-state index contributed by atoms with van der Waals surface area (Å²) in [6.07, 6.45) is 6.34. The molecule has 3 aromatic rings. The molecule has 2 aromatic carbocycles. The third-order valence-corrected chi connectivity index (χ3v) is 6.90. The van der Waals surface area contributed by atoms with Crippen LogP contribution in [0.5, 0.6) is 0 Å². The molecule has 1 N–H and O–H groups in total. The van der Waals surface area contributed by atoms with E-state index in [1.165, 1.54) is 38.1 Å². The number of ketones is 1. The maximum absolute atomic E-state index is 13.6. The number of benzene rings is 2. The molecule has 3 heterocycles. The number of likely N-dealkylation sites (tertiary alicyclic amines) is 1. The van der Waals surface area contributed by atoms with E-state index in [1.54, 1.807) is 18.3 Å². The molecule has 1 saturated heterocycles. The Morgan fingerprint density at radius 1 is 1.00 bits per heavy atom. The highest BCUT2D eigenvalue weighted by molar-refractivity contribution is 6.43. The van der Waals surface area contributed by atoms with Gasteiger partial charge in [-0.2, -0.15) is 0 Å². The first kappa shape index (κ1) is 24.4. The molecule has 0 aliphatic carbocycles. The van der Waals surface area contributed by atoms with Crippen LogP contribution in [0.1, 0.15) is 47.7 Å². The number of carbonyl (C=O) groups excluding carboxylic acids is 1. The number of hydrogen-bond donors (Lipinski definition) is 1. The lowest BCUT2D eigenvalue weighted by atomic mass is 9.86. The SMILES string of the molecule is O=C1C(Cc2ccccc2)=Nc2ncc(CNCCCN3CCCC3)nc2C1Cc1ccc(F)cc1. The number of halogens is 1. The first-order valence-corrected chi connectivity index (χ1v) is 12.8. The largest absolute Gasteiger partial charge is 0.311 e. The van der Waals surface area contributed by atoms with Gasteiger partial charge >= 0.3 is 0 Å². The Morgan fingerprint density at radius 2 is 1.78 bits per heavy atom. The van der Waals surface area contributed by atoms with Crippen molar-refractivity contribution in [1.29, 1.82) is 0 Å². The second-order valence-corrected chi connectivity index (χ2v) is 9.62. The highest BCUT2D eigenvalue weighted by atomic mass is 19.1. The maximum atomic E-state index is 13.6. The zero-order valence-electron chi connectivity index (χ0n) is 20.5. The minimum absolute atomic E-state index is 0.0410. The molecule has 2 aliphatic heterocycles. The molecule has 1 fully saturated rings. The van der Waals surface area contributed by atoms with Crippen LogP contribution in [0.4, 0.5) is 10.2 Å². The fourth-order valence-electron chi connectivity index (χ4n) is 4.96. The first-order valence-electron chi connectivity index (χ1n) is 12.8. The molecule has 186 valence electrons. The molecular weight excluding hydrogens is 453 g/mol. The van der Waals surface area contributed by atoms with E-state index >= 15 is 0 Å².